The highest BCUT2D eigenvalue weighted by Gasteiger charge is 2.32. The average Bonchev–Trinajstić information content (AvgIpc) is 2.69. The van der Waals surface area contributed by atoms with Crippen LogP contribution in [0.4, 0.5) is 11.5 Å². The van der Waals surface area contributed by atoms with Gasteiger partial charge in [0.15, 0.2) is 5.82 Å². The fraction of sp³-hybridized carbons (Fsp3) is 0.682. The van der Waals surface area contributed by atoms with Gasteiger partial charge in [-0.2, -0.15) is 0 Å². The number of pyridine rings is 1. The molecular weight excluding hydrogens is 350 g/mol. The number of hydrogen-bond donors (Lipinski definition) is 2. The number of aromatic nitrogens is 1. The molecule has 1 saturated heterocycles. The first-order valence-corrected chi connectivity index (χ1v) is 10.6. The molecule has 2 unspecified atom stereocenters. The molecule has 0 bridgehead atoms. The molecule has 154 valence electrons. The van der Waals surface area contributed by atoms with E-state index in [9.17, 15) is 0 Å². The van der Waals surface area contributed by atoms with E-state index in [1.165, 1.54) is 32.1 Å². The highest BCUT2D eigenvalue weighted by molar-refractivity contribution is 5.92. The first kappa shape index (κ1) is 20.9. The van der Waals surface area contributed by atoms with Crippen LogP contribution in [0.25, 0.3) is 0 Å². The van der Waals surface area contributed by atoms with Crippen molar-refractivity contribution in [1.29, 1.82) is 5.41 Å². The van der Waals surface area contributed by atoms with Crippen LogP contribution in [0, 0.1) is 12.3 Å². The number of piperidine rings is 1. The number of hydrogen-bond acceptors (Lipinski definition) is 6. The summed E-state index contributed by atoms with van der Waals surface area (Å²) in [5.41, 5.74) is 2.59. The van der Waals surface area contributed by atoms with Crippen molar-refractivity contribution in [1.82, 2.24) is 10.3 Å². The van der Waals surface area contributed by atoms with Crippen molar-refractivity contribution in [2.45, 2.75) is 77.0 Å². The fourth-order valence-corrected chi connectivity index (χ4v) is 4.28. The summed E-state index contributed by atoms with van der Waals surface area (Å²) in [6.07, 6.45) is 12.1. The Morgan fingerprint density at radius 1 is 1.36 bits per heavy atom. The number of rotatable bonds is 7. The largest absolute Gasteiger partial charge is 0.378 e. The monoisotopic (exact) mass is 385 g/mol. The Bertz CT molecular complexity index is 684. The van der Waals surface area contributed by atoms with Gasteiger partial charge in [0.05, 0.1) is 6.10 Å². The Morgan fingerprint density at radius 2 is 2.14 bits per heavy atom. The second-order valence-corrected chi connectivity index (χ2v) is 8.27. The van der Waals surface area contributed by atoms with Crippen molar-refractivity contribution in [3.63, 3.8) is 0 Å². The molecule has 0 radical (unpaired) electrons. The molecule has 2 aliphatic rings. The molecule has 0 spiro atoms. The highest BCUT2D eigenvalue weighted by atomic mass is 16.5. The van der Waals surface area contributed by atoms with E-state index in [2.05, 4.69) is 21.3 Å². The normalized spacial score (nSPS) is 24.0. The lowest BCUT2D eigenvalue weighted by Crippen LogP contribution is -2.56. The summed E-state index contributed by atoms with van der Waals surface area (Å²) in [5.74, 6) is 0.919. The molecule has 0 amide bonds. The zero-order valence-corrected chi connectivity index (χ0v) is 17.6. The summed E-state index contributed by atoms with van der Waals surface area (Å²) in [6.45, 7) is 5.61. The summed E-state index contributed by atoms with van der Waals surface area (Å²) in [4.78, 5) is 11.6. The molecule has 1 aliphatic heterocycles. The van der Waals surface area contributed by atoms with Gasteiger partial charge in [0.1, 0.15) is 5.69 Å². The molecule has 1 aliphatic carbocycles. The quantitative estimate of drug-likeness (QED) is 0.695. The Labute approximate surface area is 169 Å². The van der Waals surface area contributed by atoms with E-state index in [4.69, 9.17) is 15.1 Å². The summed E-state index contributed by atoms with van der Waals surface area (Å²) in [5, 5.41) is 11.5. The van der Waals surface area contributed by atoms with E-state index in [1.807, 2.05) is 26.4 Å². The van der Waals surface area contributed by atoms with Crippen molar-refractivity contribution in [2.75, 3.05) is 25.1 Å². The Morgan fingerprint density at radius 3 is 2.86 bits per heavy atom. The maximum Gasteiger partial charge on any atom is 0.154 e. The van der Waals surface area contributed by atoms with Crippen LogP contribution in [-0.4, -0.2) is 55.3 Å². The first-order valence-electron chi connectivity index (χ1n) is 10.6. The van der Waals surface area contributed by atoms with Gasteiger partial charge in [-0.25, -0.2) is 4.98 Å². The standard InChI is InChI=1S/C22H35N5O/c1-16-13-20(24-11-9-17(2)23)22(25-14-16)27-12-10-19(21(15-27)28-3)26-18-7-5-4-6-8-18/h11,13-14,18-19,21,23,26H,4-10,12,15H2,1-3H3. The van der Waals surface area contributed by atoms with Gasteiger partial charge >= 0.3 is 0 Å². The lowest BCUT2D eigenvalue weighted by Gasteiger charge is -2.41. The highest BCUT2D eigenvalue weighted by Crippen LogP contribution is 2.30. The predicted octanol–water partition coefficient (Wildman–Crippen LogP) is 4.04. The smallest absolute Gasteiger partial charge is 0.154 e. The molecule has 6 nitrogen and oxygen atoms in total. The van der Waals surface area contributed by atoms with Gasteiger partial charge in [0.2, 0.25) is 0 Å². The minimum atomic E-state index is 0.152. The number of ether oxygens (including phenoxy) is 1. The van der Waals surface area contributed by atoms with E-state index >= 15 is 0 Å². The maximum atomic E-state index is 7.59. The molecule has 2 N–H and O–H groups in total. The van der Waals surface area contributed by atoms with Crippen molar-refractivity contribution in [3.05, 3.63) is 17.8 Å². The molecule has 1 aromatic rings. The number of aliphatic imine (C=N–C) groups is 1. The van der Waals surface area contributed by atoms with Crippen LogP contribution in [0.15, 0.2) is 17.3 Å². The SMILES string of the molecule is COC1CN(c2ncc(C)cc2N=CCC(C)=N)CCC1NC1CCCCC1. The molecule has 2 heterocycles. The van der Waals surface area contributed by atoms with E-state index in [0.717, 1.165) is 36.6 Å². The second-order valence-electron chi connectivity index (χ2n) is 8.27. The zero-order valence-electron chi connectivity index (χ0n) is 17.6. The Kier molecular flexibility index (Phi) is 7.57. The average molecular weight is 386 g/mol. The molecule has 1 aromatic heterocycles. The van der Waals surface area contributed by atoms with Crippen LogP contribution in [-0.2, 0) is 4.74 Å². The molecule has 28 heavy (non-hydrogen) atoms. The molecule has 6 heteroatoms. The number of nitrogens with zero attached hydrogens (tertiary/aromatic N) is 3. The third-order valence-corrected chi connectivity index (χ3v) is 5.83. The van der Waals surface area contributed by atoms with Crippen molar-refractivity contribution in [3.8, 4) is 0 Å². The summed E-state index contributed by atoms with van der Waals surface area (Å²) in [6, 6.07) is 3.12. The van der Waals surface area contributed by atoms with Gasteiger partial charge in [-0.15, -0.1) is 0 Å². The summed E-state index contributed by atoms with van der Waals surface area (Å²) < 4.78 is 5.87. The third-order valence-electron chi connectivity index (χ3n) is 5.83. The molecule has 2 atom stereocenters. The van der Waals surface area contributed by atoms with Crippen LogP contribution >= 0.6 is 0 Å². The topological polar surface area (TPSA) is 73.6 Å². The van der Waals surface area contributed by atoms with Gasteiger partial charge < -0.3 is 20.4 Å². The number of methoxy groups -OCH3 is 1. The third kappa shape index (κ3) is 5.61. The van der Waals surface area contributed by atoms with Crippen LogP contribution < -0.4 is 10.2 Å². The fourth-order valence-electron chi connectivity index (χ4n) is 4.28. The molecule has 0 aromatic carbocycles. The lowest BCUT2D eigenvalue weighted by molar-refractivity contribution is 0.0534. The predicted molar refractivity (Wildman–Crippen MR) is 117 cm³/mol. The van der Waals surface area contributed by atoms with Crippen LogP contribution in [0.2, 0.25) is 0 Å². The Hall–Kier alpha value is -1.79. The minimum absolute atomic E-state index is 0.152. The summed E-state index contributed by atoms with van der Waals surface area (Å²) >= 11 is 0. The van der Waals surface area contributed by atoms with E-state index < -0.39 is 0 Å². The van der Waals surface area contributed by atoms with Gasteiger partial charge in [-0.3, -0.25) is 4.99 Å². The molecular formula is C22H35N5O. The Balaban J connectivity index is 1.69. The molecule has 2 fully saturated rings. The minimum Gasteiger partial charge on any atom is -0.378 e. The maximum absolute atomic E-state index is 7.59. The van der Waals surface area contributed by atoms with Gasteiger partial charge in [0.25, 0.3) is 0 Å². The van der Waals surface area contributed by atoms with Gasteiger partial charge in [-0.05, 0) is 44.7 Å². The van der Waals surface area contributed by atoms with Crippen molar-refractivity contribution < 1.29 is 4.74 Å². The number of aryl methyl sites for hydroxylation is 1. The zero-order chi connectivity index (χ0) is 19.9. The second kappa shape index (κ2) is 10.1. The van der Waals surface area contributed by atoms with E-state index in [-0.39, 0.29) is 6.10 Å². The number of nitrogens with one attached hydrogen (secondary N) is 2. The molecule has 1 saturated carbocycles. The van der Waals surface area contributed by atoms with E-state index in [0.29, 0.717) is 24.2 Å². The van der Waals surface area contributed by atoms with Crippen LogP contribution in [0.5, 0.6) is 0 Å². The van der Waals surface area contributed by atoms with Crippen molar-refractivity contribution >= 4 is 23.4 Å². The van der Waals surface area contributed by atoms with Crippen LogP contribution in [0.1, 0.15) is 57.4 Å². The van der Waals surface area contributed by atoms with Crippen molar-refractivity contribution in [2.24, 2.45) is 4.99 Å². The lowest BCUT2D eigenvalue weighted by atomic mass is 9.92. The first-order chi connectivity index (χ1) is 13.6. The van der Waals surface area contributed by atoms with Crippen LogP contribution in [0.3, 0.4) is 0 Å². The molecule has 3 rings (SSSR count). The van der Waals surface area contributed by atoms with Gasteiger partial charge in [0, 0.05) is 56.8 Å². The number of anilines is 1. The van der Waals surface area contributed by atoms with Gasteiger partial charge in [-0.1, -0.05) is 19.3 Å². The summed E-state index contributed by atoms with van der Waals surface area (Å²) in [7, 11) is 1.82. The van der Waals surface area contributed by atoms with E-state index in [1.54, 1.807) is 6.92 Å².